The predicted octanol–water partition coefficient (Wildman–Crippen LogP) is -2.16. The first-order chi connectivity index (χ1) is 20.6. The fourth-order valence-electron chi connectivity index (χ4n) is 3.18. The smallest absolute Gasteiger partial charge is 0.254 e. The number of aliphatic hydroxyl groups is 8. The molecule has 0 saturated heterocycles. The number of hydrogen-bond donors (Lipinski definition) is 8. The molecule has 15 nitrogen and oxygen atoms in total. The highest BCUT2D eigenvalue weighted by Gasteiger charge is 2.35. The average Bonchev–Trinajstić information content (AvgIpc) is 3.00. The second kappa shape index (κ2) is 32.1. The highest BCUT2D eigenvalue weighted by molar-refractivity contribution is 5.81. The summed E-state index contributed by atoms with van der Waals surface area (Å²) in [5.74, 6) is -1.02. The number of hydrogen-bond acceptors (Lipinski definition) is 14. The van der Waals surface area contributed by atoms with E-state index in [1.54, 1.807) is 0 Å². The summed E-state index contributed by atoms with van der Waals surface area (Å²) in [4.78, 5) is 24.4. The molecule has 0 aliphatic rings. The van der Waals surface area contributed by atoms with Crippen molar-refractivity contribution < 1.29 is 69.4 Å². The predicted molar refractivity (Wildman–Crippen MR) is 157 cm³/mol. The Balaban J connectivity index is -0.00000382. The van der Waals surface area contributed by atoms with E-state index in [1.807, 2.05) is 27.7 Å². The molecular weight excluding hydrogens is 574 g/mol. The van der Waals surface area contributed by atoms with Gasteiger partial charge in [-0.05, 0) is 19.8 Å². The van der Waals surface area contributed by atoms with Gasteiger partial charge in [0.1, 0.15) is 18.0 Å². The van der Waals surface area contributed by atoms with Crippen molar-refractivity contribution in [2.45, 2.75) is 90.5 Å². The van der Waals surface area contributed by atoms with Gasteiger partial charge >= 0.3 is 0 Å². The molecule has 0 aliphatic carbocycles. The Kier molecular flexibility index (Phi) is 34.4. The molecule has 0 aromatic carbocycles. The van der Waals surface area contributed by atoms with Gasteiger partial charge in [0.2, 0.25) is 0 Å². The van der Waals surface area contributed by atoms with Crippen LogP contribution in [0.5, 0.6) is 0 Å². The Morgan fingerprint density at radius 1 is 0.605 bits per heavy atom. The number of rotatable bonds is 26. The van der Waals surface area contributed by atoms with Gasteiger partial charge in [0.15, 0.2) is 6.10 Å². The number of ketones is 1. The Labute approximate surface area is 255 Å². The van der Waals surface area contributed by atoms with Crippen LogP contribution in [-0.2, 0) is 28.5 Å². The fraction of sp³-hybridized carbons (Fsp3) is 0.929. The minimum absolute atomic E-state index is 0.0572. The number of aliphatic hydroxyl groups excluding tert-OH is 8. The Morgan fingerprint density at radius 3 is 1.42 bits per heavy atom. The highest BCUT2D eigenvalue weighted by Crippen LogP contribution is 2.11. The third kappa shape index (κ3) is 24.6. The number of carbonyl (C=O) groups excluding carboxylic acids is 2. The fourth-order valence-corrected chi connectivity index (χ4v) is 3.18. The van der Waals surface area contributed by atoms with E-state index in [2.05, 4.69) is 0 Å². The minimum atomic E-state index is -2.10. The molecule has 0 aromatic heterocycles. The first-order valence-electron chi connectivity index (χ1n) is 15.0. The third-order valence-corrected chi connectivity index (χ3v) is 5.55. The summed E-state index contributed by atoms with van der Waals surface area (Å²) in [5, 5.41) is 78.0. The Morgan fingerprint density at radius 2 is 1.00 bits per heavy atom. The Hall–Kier alpha value is -1.34. The maximum absolute atomic E-state index is 12.8. The van der Waals surface area contributed by atoms with E-state index < -0.39 is 62.3 Å². The molecule has 6 atom stereocenters. The molecule has 0 aliphatic heterocycles. The molecule has 0 saturated carbocycles. The maximum atomic E-state index is 12.8. The quantitative estimate of drug-likeness (QED) is 0.0474. The standard InChI is InChI=1S/C24H47NO14.2C2H6/c1-17(28)4-8-36-10-12-38-14-15-39-13-11-37-9-5-25(16-20(31)21(32)18(29)2-6-26)24(35)23(34)22(33)19(30)3-7-27;2*1-2/h18-23,26-27,29-34H,2-16H2,1H3;2*1-2H3. The first kappa shape index (κ1) is 46.1. The number of carbonyl (C=O) groups is 2. The zero-order chi connectivity index (χ0) is 33.6. The minimum Gasteiger partial charge on any atom is -0.396 e. The van der Waals surface area contributed by atoms with Crippen LogP contribution in [0.4, 0.5) is 0 Å². The van der Waals surface area contributed by atoms with Gasteiger partial charge in [0.25, 0.3) is 5.91 Å². The highest BCUT2D eigenvalue weighted by atomic mass is 16.6. The van der Waals surface area contributed by atoms with E-state index >= 15 is 0 Å². The van der Waals surface area contributed by atoms with Gasteiger partial charge in [0.05, 0.1) is 71.2 Å². The van der Waals surface area contributed by atoms with E-state index in [-0.39, 0.29) is 45.0 Å². The van der Waals surface area contributed by atoms with Crippen molar-refractivity contribution >= 4 is 11.7 Å². The van der Waals surface area contributed by atoms with E-state index in [0.29, 0.717) is 39.5 Å². The second-order valence-electron chi connectivity index (χ2n) is 8.84. The molecule has 0 aromatic rings. The summed E-state index contributed by atoms with van der Waals surface area (Å²) < 4.78 is 21.3. The summed E-state index contributed by atoms with van der Waals surface area (Å²) in [7, 11) is 0. The molecule has 1 amide bonds. The third-order valence-electron chi connectivity index (χ3n) is 5.55. The van der Waals surface area contributed by atoms with Crippen LogP contribution in [0.15, 0.2) is 0 Å². The number of Topliss-reactive ketones (excluding diaryl/α,β-unsaturated/α-hetero) is 1. The molecule has 0 spiro atoms. The lowest BCUT2D eigenvalue weighted by molar-refractivity contribution is -0.156. The Bertz CT molecular complexity index is 630. The van der Waals surface area contributed by atoms with Crippen molar-refractivity contribution in [3.63, 3.8) is 0 Å². The van der Waals surface area contributed by atoms with Crippen molar-refractivity contribution in [2.75, 3.05) is 79.2 Å². The number of nitrogens with zero attached hydrogens (tertiary/aromatic N) is 1. The van der Waals surface area contributed by atoms with Crippen molar-refractivity contribution in [2.24, 2.45) is 0 Å². The van der Waals surface area contributed by atoms with Gasteiger partial charge in [-0.15, -0.1) is 0 Å². The molecule has 0 radical (unpaired) electrons. The zero-order valence-electron chi connectivity index (χ0n) is 26.5. The summed E-state index contributed by atoms with van der Waals surface area (Å²) >= 11 is 0. The maximum Gasteiger partial charge on any atom is 0.254 e. The topological polar surface area (TPSA) is 236 Å². The zero-order valence-corrected chi connectivity index (χ0v) is 26.5. The van der Waals surface area contributed by atoms with E-state index in [4.69, 9.17) is 29.2 Å². The molecule has 43 heavy (non-hydrogen) atoms. The first-order valence-corrected chi connectivity index (χ1v) is 15.0. The summed E-state index contributed by atoms with van der Waals surface area (Å²) in [6, 6.07) is 0. The van der Waals surface area contributed by atoms with Crippen LogP contribution in [0.1, 0.15) is 53.9 Å². The van der Waals surface area contributed by atoms with Gasteiger partial charge in [-0.2, -0.15) is 0 Å². The van der Waals surface area contributed by atoms with Crippen LogP contribution in [0.25, 0.3) is 0 Å². The number of amides is 1. The lowest BCUT2D eigenvalue weighted by Gasteiger charge is -2.32. The summed E-state index contributed by atoms with van der Waals surface area (Å²) in [5.41, 5.74) is 0. The van der Waals surface area contributed by atoms with Gasteiger partial charge < -0.3 is 64.7 Å². The molecule has 0 rings (SSSR count). The molecular formula is C28H59NO14. The summed E-state index contributed by atoms with van der Waals surface area (Å²) in [6.07, 6.45) is -10.6. The van der Waals surface area contributed by atoms with Crippen molar-refractivity contribution in [3.05, 3.63) is 0 Å². The van der Waals surface area contributed by atoms with Gasteiger partial charge in [0, 0.05) is 32.7 Å². The van der Waals surface area contributed by atoms with E-state index in [0.717, 1.165) is 4.90 Å². The molecule has 8 N–H and O–H groups in total. The largest absolute Gasteiger partial charge is 0.396 e. The van der Waals surface area contributed by atoms with Crippen LogP contribution in [0, 0.1) is 0 Å². The monoisotopic (exact) mass is 633 g/mol. The van der Waals surface area contributed by atoms with Crippen molar-refractivity contribution in [1.82, 2.24) is 4.90 Å². The molecule has 0 fully saturated rings. The van der Waals surface area contributed by atoms with E-state index in [9.17, 15) is 40.2 Å². The molecule has 6 unspecified atom stereocenters. The van der Waals surface area contributed by atoms with Crippen LogP contribution in [0.2, 0.25) is 0 Å². The van der Waals surface area contributed by atoms with E-state index in [1.165, 1.54) is 6.92 Å². The van der Waals surface area contributed by atoms with Crippen LogP contribution in [-0.4, -0.2) is 173 Å². The van der Waals surface area contributed by atoms with Crippen molar-refractivity contribution in [3.8, 4) is 0 Å². The number of ether oxygens (including phenoxy) is 4. The second-order valence-corrected chi connectivity index (χ2v) is 8.84. The average molecular weight is 634 g/mol. The summed E-state index contributed by atoms with van der Waals surface area (Å²) in [6.45, 7) is 9.76. The van der Waals surface area contributed by atoms with Gasteiger partial charge in [-0.3, -0.25) is 9.59 Å². The van der Waals surface area contributed by atoms with Crippen LogP contribution >= 0.6 is 0 Å². The van der Waals surface area contributed by atoms with Crippen molar-refractivity contribution in [1.29, 1.82) is 0 Å². The molecule has 260 valence electrons. The van der Waals surface area contributed by atoms with Crippen LogP contribution < -0.4 is 0 Å². The normalized spacial score (nSPS) is 15.1. The lowest BCUT2D eigenvalue weighted by Crippen LogP contribution is -2.53. The van der Waals surface area contributed by atoms with Crippen LogP contribution in [0.3, 0.4) is 0 Å². The molecule has 0 bridgehead atoms. The van der Waals surface area contributed by atoms with Gasteiger partial charge in [-0.25, -0.2) is 0 Å². The molecule has 15 heteroatoms. The molecule has 0 heterocycles. The SMILES string of the molecule is CC.CC.CC(=O)CCOCCOCCOCCOCCN(CC(O)C(O)C(O)CCO)C(=O)C(O)C(O)C(O)CCO. The lowest BCUT2D eigenvalue weighted by atomic mass is 10.0. The van der Waals surface area contributed by atoms with Gasteiger partial charge in [-0.1, -0.05) is 27.7 Å².